The molecule has 0 atom stereocenters. The van der Waals surface area contributed by atoms with E-state index >= 15 is 0 Å². The molecule has 2 heterocycles. The lowest BCUT2D eigenvalue weighted by Gasteiger charge is -2.34. The van der Waals surface area contributed by atoms with Gasteiger partial charge in [-0.3, -0.25) is 0 Å². The quantitative estimate of drug-likeness (QED) is 0.870. The molecule has 0 aliphatic carbocycles. The van der Waals surface area contributed by atoms with E-state index in [0.717, 1.165) is 12.0 Å². The summed E-state index contributed by atoms with van der Waals surface area (Å²) in [5.41, 5.74) is 1.47. The summed E-state index contributed by atoms with van der Waals surface area (Å²) in [6.07, 6.45) is 6.58. The summed E-state index contributed by atoms with van der Waals surface area (Å²) < 4.78 is 0. The lowest BCUT2D eigenvalue weighted by Crippen LogP contribution is -2.45. The van der Waals surface area contributed by atoms with E-state index in [9.17, 15) is 0 Å². The molecule has 0 bridgehead atoms. The van der Waals surface area contributed by atoms with Crippen LogP contribution in [0.4, 0.5) is 0 Å². The Morgan fingerprint density at radius 2 is 1.65 bits per heavy atom. The van der Waals surface area contributed by atoms with Gasteiger partial charge >= 0.3 is 0 Å². The Balaban J connectivity index is 1.29. The molecule has 3 rings (SSSR count). The zero-order valence-electron chi connectivity index (χ0n) is 14.7. The van der Waals surface area contributed by atoms with E-state index in [4.69, 9.17) is 0 Å². The molecule has 23 heavy (non-hydrogen) atoms. The lowest BCUT2D eigenvalue weighted by molar-refractivity contribution is 0.181. The largest absolute Gasteiger partial charge is 0.314 e. The molecule has 0 radical (unpaired) electrons. The molecule has 2 aliphatic heterocycles. The van der Waals surface area contributed by atoms with Crippen molar-refractivity contribution in [1.29, 1.82) is 0 Å². The van der Waals surface area contributed by atoms with E-state index in [1.54, 1.807) is 0 Å². The van der Waals surface area contributed by atoms with Crippen LogP contribution in [0.3, 0.4) is 0 Å². The summed E-state index contributed by atoms with van der Waals surface area (Å²) in [7, 11) is 2.24. The van der Waals surface area contributed by atoms with Crippen LogP contribution in [0.1, 0.15) is 31.2 Å². The van der Waals surface area contributed by atoms with Crippen molar-refractivity contribution in [1.82, 2.24) is 15.1 Å². The first-order valence-corrected chi connectivity index (χ1v) is 9.48. The number of piperidine rings is 2. The molecule has 1 aromatic rings. The average molecular weight is 316 g/mol. The SMILES string of the molecule is CN1CCC(CNC2CCN(CCc3ccccc3)CC2)CC1. The first kappa shape index (κ1) is 16.9. The molecule has 128 valence electrons. The Labute approximate surface area is 142 Å². The molecule has 0 saturated carbocycles. The predicted octanol–water partition coefficient (Wildman–Crippen LogP) is 2.62. The highest BCUT2D eigenvalue weighted by Crippen LogP contribution is 2.17. The van der Waals surface area contributed by atoms with Crippen LogP contribution in [0.2, 0.25) is 0 Å². The minimum Gasteiger partial charge on any atom is -0.314 e. The van der Waals surface area contributed by atoms with Crippen molar-refractivity contribution < 1.29 is 0 Å². The van der Waals surface area contributed by atoms with Crippen molar-refractivity contribution in [2.24, 2.45) is 5.92 Å². The third-order valence-electron chi connectivity index (χ3n) is 5.68. The second-order valence-corrected chi connectivity index (χ2v) is 7.51. The van der Waals surface area contributed by atoms with Gasteiger partial charge in [0.2, 0.25) is 0 Å². The van der Waals surface area contributed by atoms with E-state index in [2.05, 4.69) is 52.5 Å². The van der Waals surface area contributed by atoms with Gasteiger partial charge in [0, 0.05) is 12.6 Å². The highest BCUT2D eigenvalue weighted by atomic mass is 15.1. The number of likely N-dealkylation sites (tertiary alicyclic amines) is 2. The monoisotopic (exact) mass is 315 g/mol. The normalized spacial score (nSPS) is 22.5. The molecule has 2 saturated heterocycles. The molecule has 2 fully saturated rings. The molecule has 2 aliphatic rings. The van der Waals surface area contributed by atoms with E-state index in [0.29, 0.717) is 0 Å². The Hall–Kier alpha value is -0.900. The fourth-order valence-corrected chi connectivity index (χ4v) is 3.89. The van der Waals surface area contributed by atoms with Crippen LogP contribution >= 0.6 is 0 Å². The summed E-state index contributed by atoms with van der Waals surface area (Å²) >= 11 is 0. The predicted molar refractivity (Wildman–Crippen MR) is 97.8 cm³/mol. The van der Waals surface area contributed by atoms with Crippen LogP contribution < -0.4 is 5.32 Å². The number of hydrogen-bond acceptors (Lipinski definition) is 3. The summed E-state index contributed by atoms with van der Waals surface area (Å²) in [5, 5.41) is 3.86. The number of nitrogens with zero attached hydrogens (tertiary/aromatic N) is 2. The molecule has 0 spiro atoms. The third-order valence-corrected chi connectivity index (χ3v) is 5.68. The summed E-state index contributed by atoms with van der Waals surface area (Å²) in [5.74, 6) is 0.905. The summed E-state index contributed by atoms with van der Waals surface area (Å²) in [4.78, 5) is 5.10. The van der Waals surface area contributed by atoms with Crippen molar-refractivity contribution in [3.63, 3.8) is 0 Å². The fraction of sp³-hybridized carbons (Fsp3) is 0.700. The Morgan fingerprint density at radius 1 is 0.957 bits per heavy atom. The van der Waals surface area contributed by atoms with Crippen molar-refractivity contribution in [3.8, 4) is 0 Å². The van der Waals surface area contributed by atoms with Gasteiger partial charge in [-0.05, 0) is 83.4 Å². The van der Waals surface area contributed by atoms with Gasteiger partial charge in [0.05, 0.1) is 0 Å². The van der Waals surface area contributed by atoms with Gasteiger partial charge in [0.25, 0.3) is 0 Å². The molecule has 0 amide bonds. The van der Waals surface area contributed by atoms with Gasteiger partial charge in [-0.15, -0.1) is 0 Å². The van der Waals surface area contributed by atoms with Gasteiger partial charge in [-0.1, -0.05) is 30.3 Å². The van der Waals surface area contributed by atoms with E-state index in [-0.39, 0.29) is 0 Å². The van der Waals surface area contributed by atoms with Crippen molar-refractivity contribution in [3.05, 3.63) is 35.9 Å². The van der Waals surface area contributed by atoms with Crippen molar-refractivity contribution in [2.45, 2.75) is 38.1 Å². The maximum absolute atomic E-state index is 3.86. The minimum atomic E-state index is 0.752. The van der Waals surface area contributed by atoms with E-state index in [1.165, 1.54) is 76.9 Å². The molecule has 1 N–H and O–H groups in total. The Kier molecular flexibility index (Phi) is 6.49. The van der Waals surface area contributed by atoms with E-state index in [1.807, 2.05) is 0 Å². The van der Waals surface area contributed by atoms with E-state index < -0.39 is 0 Å². The first-order chi connectivity index (χ1) is 11.3. The van der Waals surface area contributed by atoms with Gasteiger partial charge < -0.3 is 15.1 Å². The molecule has 1 aromatic carbocycles. The molecule has 3 nitrogen and oxygen atoms in total. The summed E-state index contributed by atoms with van der Waals surface area (Å²) in [6, 6.07) is 11.6. The Morgan fingerprint density at radius 3 is 2.35 bits per heavy atom. The number of nitrogens with one attached hydrogen (secondary N) is 1. The fourth-order valence-electron chi connectivity index (χ4n) is 3.89. The maximum Gasteiger partial charge on any atom is 0.00915 e. The molecular weight excluding hydrogens is 282 g/mol. The van der Waals surface area contributed by atoms with Crippen LogP contribution in [0.15, 0.2) is 30.3 Å². The third kappa shape index (κ3) is 5.59. The highest BCUT2D eigenvalue weighted by molar-refractivity contribution is 5.14. The van der Waals surface area contributed by atoms with Crippen molar-refractivity contribution in [2.75, 3.05) is 46.3 Å². The van der Waals surface area contributed by atoms with Crippen LogP contribution in [0, 0.1) is 5.92 Å². The highest BCUT2D eigenvalue weighted by Gasteiger charge is 2.21. The first-order valence-electron chi connectivity index (χ1n) is 9.48. The maximum atomic E-state index is 3.86. The second kappa shape index (κ2) is 8.81. The number of benzene rings is 1. The van der Waals surface area contributed by atoms with Crippen LogP contribution in [-0.4, -0.2) is 62.2 Å². The average Bonchev–Trinajstić information content (AvgIpc) is 2.61. The van der Waals surface area contributed by atoms with Gasteiger partial charge in [-0.25, -0.2) is 0 Å². The van der Waals surface area contributed by atoms with Crippen LogP contribution in [0.5, 0.6) is 0 Å². The number of hydrogen-bond donors (Lipinski definition) is 1. The second-order valence-electron chi connectivity index (χ2n) is 7.51. The molecular formula is C20H33N3. The Bertz CT molecular complexity index is 431. The van der Waals surface area contributed by atoms with Gasteiger partial charge in [0.1, 0.15) is 0 Å². The van der Waals surface area contributed by atoms with Gasteiger partial charge in [-0.2, -0.15) is 0 Å². The summed E-state index contributed by atoms with van der Waals surface area (Å²) in [6.45, 7) is 7.54. The minimum absolute atomic E-state index is 0.752. The number of rotatable bonds is 6. The smallest absolute Gasteiger partial charge is 0.00915 e. The standard InChI is InChI=1S/C20H33N3/c1-22-12-7-19(8-13-22)17-21-20-10-15-23(16-11-20)14-9-18-5-3-2-4-6-18/h2-6,19-21H,7-17H2,1H3. The zero-order valence-corrected chi connectivity index (χ0v) is 14.7. The van der Waals surface area contributed by atoms with Crippen molar-refractivity contribution >= 4 is 0 Å². The molecule has 0 aromatic heterocycles. The zero-order chi connectivity index (χ0) is 15.9. The van der Waals surface area contributed by atoms with Crippen LogP contribution in [-0.2, 0) is 6.42 Å². The van der Waals surface area contributed by atoms with Gasteiger partial charge in [0.15, 0.2) is 0 Å². The lowest BCUT2D eigenvalue weighted by atomic mass is 9.96. The van der Waals surface area contributed by atoms with Crippen LogP contribution in [0.25, 0.3) is 0 Å². The molecule has 3 heteroatoms. The molecule has 0 unspecified atom stereocenters. The topological polar surface area (TPSA) is 18.5 Å².